The second kappa shape index (κ2) is 8.46. The van der Waals surface area contributed by atoms with Crippen LogP contribution in [0.4, 0.5) is 15.8 Å². The summed E-state index contributed by atoms with van der Waals surface area (Å²) < 4.78 is 19.5. The van der Waals surface area contributed by atoms with E-state index < -0.39 is 0 Å². The van der Waals surface area contributed by atoms with E-state index in [9.17, 15) is 4.39 Å². The molecule has 0 bridgehead atoms. The quantitative estimate of drug-likeness (QED) is 0.569. The Morgan fingerprint density at radius 3 is 2.70 bits per heavy atom. The summed E-state index contributed by atoms with van der Waals surface area (Å²) in [5, 5.41) is 3.90. The fourth-order valence-electron chi connectivity index (χ4n) is 2.84. The van der Waals surface area contributed by atoms with Crippen molar-refractivity contribution >= 4 is 23.0 Å². The topological polar surface area (TPSA) is 47.0 Å². The van der Waals surface area contributed by atoms with Crippen molar-refractivity contribution < 1.29 is 9.13 Å². The third kappa shape index (κ3) is 4.43. The van der Waals surface area contributed by atoms with Crippen LogP contribution in [-0.4, -0.2) is 17.1 Å². The fourth-order valence-corrected chi connectivity index (χ4v) is 3.01. The molecule has 0 spiro atoms. The molecule has 27 heavy (non-hydrogen) atoms. The highest BCUT2D eigenvalue weighted by Crippen LogP contribution is 2.33. The number of hydrogen-bond donors (Lipinski definition) is 1. The summed E-state index contributed by atoms with van der Waals surface area (Å²) >= 11 is 6.04. The standard InChI is InChI=1S/C21H21ClFN3O/c1-13(2)17-11-25-20(16-8-15(22)4-5-18(16)23)9-21(17)26-19-6-7-24-10-14(19)12-27-3/h4-11,13H,12H2,1-3H3,(H,24,25,26). The molecule has 0 aliphatic rings. The summed E-state index contributed by atoms with van der Waals surface area (Å²) in [6.45, 7) is 4.61. The molecular formula is C21H21ClFN3O. The molecular weight excluding hydrogens is 365 g/mol. The van der Waals surface area contributed by atoms with Crippen LogP contribution in [0.3, 0.4) is 0 Å². The number of ether oxygens (including phenoxy) is 1. The molecule has 2 heterocycles. The van der Waals surface area contributed by atoms with E-state index in [4.69, 9.17) is 16.3 Å². The third-order valence-electron chi connectivity index (χ3n) is 4.23. The van der Waals surface area contributed by atoms with Gasteiger partial charge in [-0.3, -0.25) is 9.97 Å². The molecule has 140 valence electrons. The molecule has 3 rings (SSSR count). The van der Waals surface area contributed by atoms with Gasteiger partial charge in [-0.15, -0.1) is 0 Å². The lowest BCUT2D eigenvalue weighted by Crippen LogP contribution is -2.03. The van der Waals surface area contributed by atoms with E-state index in [1.54, 1.807) is 31.8 Å². The Kier molecular flexibility index (Phi) is 6.04. The van der Waals surface area contributed by atoms with Gasteiger partial charge in [-0.25, -0.2) is 4.39 Å². The first-order valence-corrected chi connectivity index (χ1v) is 9.01. The average molecular weight is 386 g/mol. The number of hydrogen-bond acceptors (Lipinski definition) is 4. The number of aromatic nitrogens is 2. The summed E-state index contributed by atoms with van der Waals surface area (Å²) in [5.74, 6) is -0.120. The van der Waals surface area contributed by atoms with E-state index in [1.807, 2.05) is 12.1 Å². The second-order valence-corrected chi connectivity index (χ2v) is 6.96. The number of anilines is 2. The Balaban J connectivity index is 2.07. The molecule has 0 radical (unpaired) electrons. The van der Waals surface area contributed by atoms with Crippen LogP contribution in [0.15, 0.2) is 48.9 Å². The molecule has 0 aliphatic heterocycles. The van der Waals surface area contributed by atoms with Crippen molar-refractivity contribution in [3.05, 3.63) is 70.9 Å². The van der Waals surface area contributed by atoms with Crippen LogP contribution in [0, 0.1) is 5.82 Å². The van der Waals surface area contributed by atoms with Gasteiger partial charge < -0.3 is 10.1 Å². The second-order valence-electron chi connectivity index (χ2n) is 6.53. The van der Waals surface area contributed by atoms with Crippen molar-refractivity contribution in [3.63, 3.8) is 0 Å². The van der Waals surface area contributed by atoms with Crippen molar-refractivity contribution in [2.24, 2.45) is 0 Å². The Morgan fingerprint density at radius 2 is 1.96 bits per heavy atom. The number of pyridine rings is 2. The van der Waals surface area contributed by atoms with Crippen LogP contribution in [-0.2, 0) is 11.3 Å². The molecule has 0 amide bonds. The van der Waals surface area contributed by atoms with Crippen LogP contribution in [0.5, 0.6) is 0 Å². The number of methoxy groups -OCH3 is 1. The molecule has 0 unspecified atom stereocenters. The predicted molar refractivity (Wildman–Crippen MR) is 107 cm³/mol. The molecule has 6 heteroatoms. The Morgan fingerprint density at radius 1 is 1.15 bits per heavy atom. The van der Waals surface area contributed by atoms with Crippen molar-refractivity contribution in [1.82, 2.24) is 9.97 Å². The van der Waals surface area contributed by atoms with E-state index in [0.29, 0.717) is 22.9 Å². The fraction of sp³-hybridized carbons (Fsp3) is 0.238. The van der Waals surface area contributed by atoms with Crippen molar-refractivity contribution in [2.75, 3.05) is 12.4 Å². The number of rotatable bonds is 6. The van der Waals surface area contributed by atoms with E-state index >= 15 is 0 Å². The number of halogens is 2. The smallest absolute Gasteiger partial charge is 0.132 e. The molecule has 0 fully saturated rings. The summed E-state index contributed by atoms with van der Waals surface area (Å²) in [5.41, 5.74) is 4.59. The Bertz CT molecular complexity index is 946. The van der Waals surface area contributed by atoms with Gasteiger partial charge in [0.2, 0.25) is 0 Å². The largest absolute Gasteiger partial charge is 0.380 e. The average Bonchev–Trinajstić information content (AvgIpc) is 2.65. The minimum Gasteiger partial charge on any atom is -0.380 e. The first-order valence-electron chi connectivity index (χ1n) is 8.63. The molecule has 1 N–H and O–H groups in total. The zero-order chi connectivity index (χ0) is 19.4. The van der Waals surface area contributed by atoms with Gasteiger partial charge in [0.05, 0.1) is 12.3 Å². The van der Waals surface area contributed by atoms with Crippen LogP contribution in [0.25, 0.3) is 11.3 Å². The molecule has 0 saturated heterocycles. The molecule has 3 aromatic rings. The maximum Gasteiger partial charge on any atom is 0.132 e. The van der Waals surface area contributed by atoms with E-state index in [0.717, 1.165) is 22.5 Å². The Labute approximate surface area is 163 Å². The lowest BCUT2D eigenvalue weighted by molar-refractivity contribution is 0.185. The Hall–Kier alpha value is -2.50. The van der Waals surface area contributed by atoms with Crippen LogP contribution in [0.1, 0.15) is 30.9 Å². The minimum atomic E-state index is -0.362. The molecule has 0 aliphatic carbocycles. The van der Waals surface area contributed by atoms with Gasteiger partial charge >= 0.3 is 0 Å². The van der Waals surface area contributed by atoms with E-state index in [-0.39, 0.29) is 11.7 Å². The van der Waals surface area contributed by atoms with Crippen molar-refractivity contribution in [2.45, 2.75) is 26.4 Å². The van der Waals surface area contributed by atoms with Gasteiger partial charge in [0.15, 0.2) is 0 Å². The minimum absolute atomic E-state index is 0.242. The maximum absolute atomic E-state index is 14.3. The third-order valence-corrected chi connectivity index (χ3v) is 4.47. The van der Waals surface area contributed by atoms with Crippen LogP contribution in [0.2, 0.25) is 5.02 Å². The SMILES string of the molecule is COCc1cnccc1Nc1cc(-c2cc(Cl)ccc2F)ncc1C(C)C. The van der Waals surface area contributed by atoms with Gasteiger partial charge in [-0.1, -0.05) is 25.4 Å². The van der Waals surface area contributed by atoms with Gasteiger partial charge in [0.25, 0.3) is 0 Å². The highest BCUT2D eigenvalue weighted by atomic mass is 35.5. The van der Waals surface area contributed by atoms with Gasteiger partial charge in [0.1, 0.15) is 5.82 Å². The van der Waals surface area contributed by atoms with Gasteiger partial charge in [-0.2, -0.15) is 0 Å². The highest BCUT2D eigenvalue weighted by Gasteiger charge is 2.14. The first-order chi connectivity index (χ1) is 13.0. The number of benzene rings is 1. The molecule has 2 aromatic heterocycles. The molecule has 4 nitrogen and oxygen atoms in total. The summed E-state index contributed by atoms with van der Waals surface area (Å²) in [4.78, 5) is 8.61. The summed E-state index contributed by atoms with van der Waals surface area (Å²) in [6.07, 6.45) is 5.26. The number of nitrogens with zero attached hydrogens (tertiary/aromatic N) is 2. The maximum atomic E-state index is 14.3. The highest BCUT2D eigenvalue weighted by molar-refractivity contribution is 6.30. The van der Waals surface area contributed by atoms with Gasteiger partial charge in [0, 0.05) is 53.2 Å². The van der Waals surface area contributed by atoms with Crippen molar-refractivity contribution in [3.8, 4) is 11.3 Å². The lowest BCUT2D eigenvalue weighted by atomic mass is 10.0. The van der Waals surface area contributed by atoms with E-state index in [1.165, 1.54) is 12.1 Å². The summed E-state index contributed by atoms with van der Waals surface area (Å²) in [7, 11) is 1.64. The molecule has 1 aromatic carbocycles. The zero-order valence-corrected chi connectivity index (χ0v) is 16.2. The predicted octanol–water partition coefficient (Wildman–Crippen LogP) is 5.95. The number of nitrogens with one attached hydrogen (secondary N) is 1. The molecule has 0 saturated carbocycles. The first kappa shape index (κ1) is 19.3. The van der Waals surface area contributed by atoms with Crippen LogP contribution >= 0.6 is 11.6 Å². The normalized spacial score (nSPS) is 11.0. The lowest BCUT2D eigenvalue weighted by Gasteiger charge is -2.18. The molecule has 0 atom stereocenters. The van der Waals surface area contributed by atoms with Crippen LogP contribution < -0.4 is 5.32 Å². The van der Waals surface area contributed by atoms with Gasteiger partial charge in [-0.05, 0) is 41.8 Å². The zero-order valence-electron chi connectivity index (χ0n) is 15.5. The van der Waals surface area contributed by atoms with E-state index in [2.05, 4.69) is 29.1 Å². The van der Waals surface area contributed by atoms with Crippen molar-refractivity contribution in [1.29, 1.82) is 0 Å². The summed E-state index contributed by atoms with van der Waals surface area (Å²) in [6, 6.07) is 8.19. The monoisotopic (exact) mass is 385 g/mol.